The van der Waals surface area contributed by atoms with Crippen molar-refractivity contribution in [3.05, 3.63) is 59.1 Å². The third kappa shape index (κ3) is 5.95. The van der Waals surface area contributed by atoms with Crippen LogP contribution in [-0.2, 0) is 16.3 Å². The predicted octanol–water partition coefficient (Wildman–Crippen LogP) is 3.29. The van der Waals surface area contributed by atoms with Crippen molar-refractivity contribution in [1.29, 1.82) is 0 Å². The minimum absolute atomic E-state index is 0.0509. The lowest BCUT2D eigenvalue weighted by molar-refractivity contribution is 0.136. The monoisotopic (exact) mass is 437 g/mol. The van der Waals surface area contributed by atoms with E-state index in [1.807, 2.05) is 24.3 Å². The number of ether oxygens (including phenoxy) is 1. The van der Waals surface area contributed by atoms with Gasteiger partial charge >= 0.3 is 0 Å². The summed E-state index contributed by atoms with van der Waals surface area (Å²) in [6.45, 7) is 4.63. The topological polar surface area (TPSA) is 66.8 Å². The second-order valence-electron chi connectivity index (χ2n) is 7.92. The normalized spacial score (nSPS) is 21.2. The van der Waals surface area contributed by atoms with E-state index in [1.165, 1.54) is 6.26 Å². The maximum atomic E-state index is 11.6. The molecule has 1 saturated heterocycles. The van der Waals surface area contributed by atoms with Gasteiger partial charge in [0, 0.05) is 36.3 Å². The molecule has 0 aliphatic carbocycles. The van der Waals surface area contributed by atoms with Gasteiger partial charge in [-0.3, -0.25) is 4.90 Å². The molecule has 1 N–H and O–H groups in total. The molecule has 2 aromatic rings. The van der Waals surface area contributed by atoms with Crippen LogP contribution in [0.25, 0.3) is 0 Å². The number of aliphatic hydroxyl groups excluding tert-OH is 1. The average molecular weight is 438 g/mol. The molecule has 0 amide bonds. The van der Waals surface area contributed by atoms with Crippen molar-refractivity contribution in [1.82, 2.24) is 4.90 Å². The molecule has 158 valence electrons. The smallest absolute Gasteiger partial charge is 0.175 e. The van der Waals surface area contributed by atoms with Crippen LogP contribution in [0.15, 0.2) is 53.4 Å². The number of likely N-dealkylation sites (tertiary alicyclic amines) is 1. The molecule has 3 rings (SSSR count). The summed E-state index contributed by atoms with van der Waals surface area (Å²) in [6, 6.07) is 14.4. The molecule has 0 aromatic heterocycles. The van der Waals surface area contributed by atoms with Gasteiger partial charge in [-0.15, -0.1) is 0 Å². The number of halogens is 1. The molecule has 1 aliphatic heterocycles. The van der Waals surface area contributed by atoms with E-state index in [9.17, 15) is 13.5 Å². The van der Waals surface area contributed by atoms with E-state index in [0.29, 0.717) is 29.2 Å². The van der Waals surface area contributed by atoms with Crippen LogP contribution in [0.2, 0.25) is 5.02 Å². The van der Waals surface area contributed by atoms with Crippen LogP contribution in [0.4, 0.5) is 0 Å². The summed E-state index contributed by atoms with van der Waals surface area (Å²) < 4.78 is 29.0. The Morgan fingerprint density at radius 1 is 1.21 bits per heavy atom. The molecule has 5 nitrogen and oxygen atoms in total. The number of benzene rings is 2. The van der Waals surface area contributed by atoms with Crippen molar-refractivity contribution in [3.8, 4) is 5.75 Å². The van der Waals surface area contributed by atoms with Gasteiger partial charge in [-0.05, 0) is 54.3 Å². The van der Waals surface area contributed by atoms with Crippen molar-refractivity contribution >= 4 is 21.4 Å². The summed E-state index contributed by atoms with van der Waals surface area (Å²) in [5, 5.41) is 10.6. The summed E-state index contributed by atoms with van der Waals surface area (Å²) >= 11 is 6.09. The molecule has 0 bridgehead atoms. The van der Waals surface area contributed by atoms with Gasteiger partial charge in [0.05, 0.1) is 18.1 Å². The second-order valence-corrected chi connectivity index (χ2v) is 10.4. The largest absolute Gasteiger partial charge is 0.493 e. The number of rotatable bonds is 8. The minimum Gasteiger partial charge on any atom is -0.493 e. The van der Waals surface area contributed by atoms with Crippen LogP contribution in [0.3, 0.4) is 0 Å². The molecule has 29 heavy (non-hydrogen) atoms. The van der Waals surface area contributed by atoms with E-state index < -0.39 is 9.84 Å². The van der Waals surface area contributed by atoms with Gasteiger partial charge in [0.2, 0.25) is 0 Å². The molecule has 0 saturated carbocycles. The van der Waals surface area contributed by atoms with Crippen molar-refractivity contribution in [2.75, 3.05) is 32.6 Å². The Morgan fingerprint density at radius 3 is 2.55 bits per heavy atom. The number of hydrogen-bond donors (Lipinski definition) is 1. The Labute approximate surface area is 178 Å². The lowest BCUT2D eigenvalue weighted by Gasteiger charge is -2.26. The van der Waals surface area contributed by atoms with Crippen molar-refractivity contribution in [3.63, 3.8) is 0 Å². The fourth-order valence-corrected chi connectivity index (χ4v) is 4.66. The first-order valence-corrected chi connectivity index (χ1v) is 12.1. The Morgan fingerprint density at radius 2 is 1.93 bits per heavy atom. The minimum atomic E-state index is -3.20. The number of aliphatic hydroxyl groups is 1. The zero-order valence-electron chi connectivity index (χ0n) is 16.8. The van der Waals surface area contributed by atoms with Crippen LogP contribution in [0.5, 0.6) is 5.75 Å². The average Bonchev–Trinajstić information content (AvgIpc) is 3.04. The van der Waals surface area contributed by atoms with Crippen molar-refractivity contribution in [2.24, 2.45) is 11.8 Å². The summed E-state index contributed by atoms with van der Waals surface area (Å²) in [4.78, 5) is 2.61. The highest BCUT2D eigenvalue weighted by Crippen LogP contribution is 2.27. The molecule has 1 aliphatic rings. The molecular weight excluding hydrogens is 410 g/mol. The SMILES string of the molecule is C[C@@H]1CN([C@@H](CO)Cc2cccc(Cl)c2)C[C@H]1COc1ccc(S(C)(=O)=O)cc1. The molecule has 2 aromatic carbocycles. The zero-order chi connectivity index (χ0) is 21.0. The van der Waals surface area contributed by atoms with Crippen molar-refractivity contribution in [2.45, 2.75) is 24.3 Å². The van der Waals surface area contributed by atoms with Gasteiger partial charge in [0.15, 0.2) is 9.84 Å². The van der Waals surface area contributed by atoms with E-state index in [2.05, 4.69) is 11.8 Å². The van der Waals surface area contributed by atoms with Crippen LogP contribution in [0.1, 0.15) is 12.5 Å². The lowest BCUT2D eigenvalue weighted by Crippen LogP contribution is -2.38. The Balaban J connectivity index is 1.57. The highest BCUT2D eigenvalue weighted by molar-refractivity contribution is 7.90. The summed E-state index contributed by atoms with van der Waals surface area (Å²) in [5.41, 5.74) is 1.12. The third-order valence-corrected chi connectivity index (χ3v) is 6.96. The predicted molar refractivity (Wildman–Crippen MR) is 115 cm³/mol. The summed E-state index contributed by atoms with van der Waals surface area (Å²) in [5.74, 6) is 1.46. The lowest BCUT2D eigenvalue weighted by atomic mass is 9.99. The Kier molecular flexibility index (Phi) is 7.22. The highest BCUT2D eigenvalue weighted by Gasteiger charge is 2.33. The van der Waals surface area contributed by atoms with E-state index in [1.54, 1.807) is 24.3 Å². The molecule has 0 unspecified atom stereocenters. The fraction of sp³-hybridized carbons (Fsp3) is 0.455. The maximum Gasteiger partial charge on any atom is 0.175 e. The third-order valence-electron chi connectivity index (χ3n) is 5.60. The Hall–Kier alpha value is -1.60. The van der Waals surface area contributed by atoms with E-state index >= 15 is 0 Å². The molecule has 3 atom stereocenters. The second kappa shape index (κ2) is 9.47. The van der Waals surface area contributed by atoms with Gasteiger partial charge in [-0.2, -0.15) is 0 Å². The van der Waals surface area contributed by atoms with Gasteiger partial charge in [-0.1, -0.05) is 30.7 Å². The first kappa shape index (κ1) is 22.1. The van der Waals surface area contributed by atoms with Gasteiger partial charge in [-0.25, -0.2) is 8.42 Å². The standard InChI is InChI=1S/C22H28ClNO4S/c1-16-12-24(20(14-25)11-17-4-3-5-19(23)10-17)13-18(16)15-28-21-6-8-22(9-7-21)29(2,26)27/h3-10,16,18,20,25H,11-15H2,1-2H3/t16-,18+,20-/m1/s1. The molecule has 1 fully saturated rings. The molecule has 1 heterocycles. The van der Waals surface area contributed by atoms with Gasteiger partial charge in [0.1, 0.15) is 5.75 Å². The van der Waals surface area contributed by atoms with E-state index in [0.717, 1.165) is 25.1 Å². The molecule has 7 heteroatoms. The van der Waals surface area contributed by atoms with E-state index in [-0.39, 0.29) is 17.5 Å². The quantitative estimate of drug-likeness (QED) is 0.686. The first-order chi connectivity index (χ1) is 13.8. The highest BCUT2D eigenvalue weighted by atomic mass is 35.5. The Bertz CT molecular complexity index is 917. The molecule has 0 radical (unpaired) electrons. The van der Waals surface area contributed by atoms with Gasteiger partial charge in [0.25, 0.3) is 0 Å². The maximum absolute atomic E-state index is 11.6. The summed E-state index contributed by atoms with van der Waals surface area (Å²) in [7, 11) is -3.20. The number of hydrogen-bond acceptors (Lipinski definition) is 5. The molecule has 0 spiro atoms. The van der Waals surface area contributed by atoms with Crippen LogP contribution in [0, 0.1) is 11.8 Å². The van der Waals surface area contributed by atoms with Crippen LogP contribution >= 0.6 is 11.6 Å². The number of sulfone groups is 1. The van der Waals surface area contributed by atoms with Crippen molar-refractivity contribution < 1.29 is 18.3 Å². The first-order valence-electron chi connectivity index (χ1n) is 9.78. The van der Waals surface area contributed by atoms with Gasteiger partial charge < -0.3 is 9.84 Å². The zero-order valence-corrected chi connectivity index (χ0v) is 18.4. The number of nitrogens with zero attached hydrogens (tertiary/aromatic N) is 1. The van der Waals surface area contributed by atoms with E-state index in [4.69, 9.17) is 16.3 Å². The summed E-state index contributed by atoms with van der Waals surface area (Å²) in [6.07, 6.45) is 1.95. The van der Waals surface area contributed by atoms with Crippen LogP contribution < -0.4 is 4.74 Å². The fourth-order valence-electron chi connectivity index (χ4n) is 3.82. The molecular formula is C22H28ClNO4S. The van der Waals surface area contributed by atoms with Crippen LogP contribution in [-0.4, -0.2) is 57.0 Å².